The average Bonchev–Trinajstić information content (AvgIpc) is 2.93. The molecule has 1 fully saturated rings. The van der Waals surface area contributed by atoms with Gasteiger partial charge < -0.3 is 9.47 Å². The number of nitrogens with zero attached hydrogens (tertiary/aromatic N) is 1. The van der Waals surface area contributed by atoms with Crippen molar-refractivity contribution < 1.29 is 23.9 Å². The first-order valence-electron chi connectivity index (χ1n) is 7.61. The van der Waals surface area contributed by atoms with Crippen molar-refractivity contribution in [3.8, 4) is 0 Å². The molecular formula is C18H17NO5S2. The van der Waals surface area contributed by atoms with E-state index >= 15 is 0 Å². The molecule has 1 saturated heterocycles. The molecule has 0 spiro atoms. The number of thioether (sulfide) groups is 1. The SMILES string of the molecule is COC(=O)C[C@H](C(=O)OC)N1C(=O)/C(=C/C=C/c2ccccc2)SC1=S. The summed E-state index contributed by atoms with van der Waals surface area (Å²) in [5.74, 6) is -1.81. The van der Waals surface area contributed by atoms with E-state index in [-0.39, 0.29) is 10.7 Å². The lowest BCUT2D eigenvalue weighted by Gasteiger charge is -2.23. The molecule has 1 aliphatic heterocycles. The molecule has 8 heteroatoms. The van der Waals surface area contributed by atoms with Crippen LogP contribution in [0.15, 0.2) is 47.4 Å². The van der Waals surface area contributed by atoms with E-state index in [0.717, 1.165) is 22.2 Å². The zero-order valence-corrected chi connectivity index (χ0v) is 15.8. The number of allylic oxidation sites excluding steroid dienone is 2. The summed E-state index contributed by atoms with van der Waals surface area (Å²) in [4.78, 5) is 37.7. The van der Waals surface area contributed by atoms with Crippen molar-refractivity contribution in [2.45, 2.75) is 12.5 Å². The normalized spacial score (nSPS) is 17.0. The number of thiocarbonyl (C=S) groups is 1. The standard InChI is InChI=1S/C18H17NO5S2/c1-23-15(20)11-13(17(22)24-2)19-16(21)14(26-18(19)25)10-6-9-12-7-4-3-5-8-12/h3-10,13H,11H2,1-2H3/b9-6+,14-10-/t13-/m1/s1. The van der Waals surface area contributed by atoms with Gasteiger partial charge in [0, 0.05) is 0 Å². The maximum atomic E-state index is 12.6. The van der Waals surface area contributed by atoms with Gasteiger partial charge in [-0.15, -0.1) is 0 Å². The third-order valence-corrected chi connectivity index (χ3v) is 4.88. The van der Waals surface area contributed by atoms with Crippen molar-refractivity contribution in [1.82, 2.24) is 4.90 Å². The second-order valence-electron chi connectivity index (χ2n) is 5.16. The maximum Gasteiger partial charge on any atom is 0.329 e. The van der Waals surface area contributed by atoms with E-state index in [9.17, 15) is 14.4 Å². The van der Waals surface area contributed by atoms with Crippen molar-refractivity contribution in [3.63, 3.8) is 0 Å². The number of amides is 1. The Hall–Kier alpha value is -2.45. The van der Waals surface area contributed by atoms with Crippen LogP contribution < -0.4 is 0 Å². The molecule has 1 aromatic carbocycles. The van der Waals surface area contributed by atoms with E-state index in [1.165, 1.54) is 14.2 Å². The Labute approximate surface area is 160 Å². The van der Waals surface area contributed by atoms with Crippen LogP contribution in [0.5, 0.6) is 0 Å². The third-order valence-electron chi connectivity index (χ3n) is 3.53. The van der Waals surface area contributed by atoms with Gasteiger partial charge in [-0.25, -0.2) is 4.79 Å². The van der Waals surface area contributed by atoms with Gasteiger partial charge in [0.05, 0.1) is 25.5 Å². The van der Waals surface area contributed by atoms with Crippen LogP contribution >= 0.6 is 24.0 Å². The van der Waals surface area contributed by atoms with Crippen LogP contribution in [-0.4, -0.2) is 47.3 Å². The molecule has 0 aromatic heterocycles. The summed E-state index contributed by atoms with van der Waals surface area (Å²) in [6, 6.07) is 8.44. The molecular weight excluding hydrogens is 374 g/mol. The summed E-state index contributed by atoms with van der Waals surface area (Å²) in [6.45, 7) is 0. The van der Waals surface area contributed by atoms with Crippen molar-refractivity contribution in [2.75, 3.05) is 14.2 Å². The fourth-order valence-corrected chi connectivity index (χ4v) is 3.54. The molecule has 0 N–H and O–H groups in total. The molecule has 1 amide bonds. The number of carbonyl (C=O) groups is 3. The maximum absolute atomic E-state index is 12.6. The van der Waals surface area contributed by atoms with Crippen LogP contribution in [0.25, 0.3) is 6.08 Å². The summed E-state index contributed by atoms with van der Waals surface area (Å²) in [5.41, 5.74) is 0.984. The van der Waals surface area contributed by atoms with E-state index in [1.54, 1.807) is 12.2 Å². The minimum Gasteiger partial charge on any atom is -0.469 e. The Morgan fingerprint density at radius 1 is 1.23 bits per heavy atom. The Morgan fingerprint density at radius 3 is 2.54 bits per heavy atom. The molecule has 136 valence electrons. The predicted octanol–water partition coefficient (Wildman–Crippen LogP) is 2.55. The minimum absolute atomic E-state index is 0.189. The number of ether oxygens (including phenoxy) is 2. The Bertz CT molecular complexity index is 773. The van der Waals surface area contributed by atoms with Gasteiger partial charge in [0.2, 0.25) is 0 Å². The topological polar surface area (TPSA) is 72.9 Å². The molecule has 1 atom stereocenters. The second kappa shape index (κ2) is 9.30. The number of rotatable bonds is 6. The molecule has 2 rings (SSSR count). The van der Waals surface area contributed by atoms with Crippen LogP contribution in [0, 0.1) is 0 Å². The van der Waals surface area contributed by atoms with Crippen LogP contribution in [0.2, 0.25) is 0 Å². The summed E-state index contributed by atoms with van der Waals surface area (Å²) in [6.07, 6.45) is 4.87. The van der Waals surface area contributed by atoms with Crippen molar-refractivity contribution in [1.29, 1.82) is 0 Å². The predicted molar refractivity (Wildman–Crippen MR) is 103 cm³/mol. The molecule has 6 nitrogen and oxygen atoms in total. The molecule has 1 aliphatic rings. The smallest absolute Gasteiger partial charge is 0.329 e. The van der Waals surface area contributed by atoms with Gasteiger partial charge in [-0.05, 0) is 11.6 Å². The highest BCUT2D eigenvalue weighted by Gasteiger charge is 2.42. The van der Waals surface area contributed by atoms with Crippen LogP contribution in [-0.2, 0) is 23.9 Å². The molecule has 1 heterocycles. The quantitative estimate of drug-likeness (QED) is 0.419. The summed E-state index contributed by atoms with van der Waals surface area (Å²) < 4.78 is 9.47. The van der Waals surface area contributed by atoms with Crippen molar-refractivity contribution in [3.05, 3.63) is 53.0 Å². The molecule has 1 aromatic rings. The summed E-state index contributed by atoms with van der Waals surface area (Å²) in [5, 5.41) is 0. The first-order chi connectivity index (χ1) is 12.5. The Kier molecular flexibility index (Phi) is 7.11. The highest BCUT2D eigenvalue weighted by atomic mass is 32.2. The molecule has 0 radical (unpaired) electrons. The lowest BCUT2D eigenvalue weighted by atomic mass is 10.1. The second-order valence-corrected chi connectivity index (χ2v) is 6.84. The van der Waals surface area contributed by atoms with E-state index in [0.29, 0.717) is 4.91 Å². The fraction of sp³-hybridized carbons (Fsp3) is 0.222. The number of methoxy groups -OCH3 is 2. The lowest BCUT2D eigenvalue weighted by molar-refractivity contribution is -0.153. The van der Waals surface area contributed by atoms with E-state index in [2.05, 4.69) is 4.74 Å². The highest BCUT2D eigenvalue weighted by molar-refractivity contribution is 8.26. The van der Waals surface area contributed by atoms with E-state index in [4.69, 9.17) is 17.0 Å². The summed E-state index contributed by atoms with van der Waals surface area (Å²) in [7, 11) is 2.39. The molecule has 0 saturated carbocycles. The number of hydrogen-bond acceptors (Lipinski definition) is 7. The molecule has 0 bridgehead atoms. The molecule has 0 unspecified atom stereocenters. The van der Waals surface area contributed by atoms with Gasteiger partial charge in [0.15, 0.2) is 0 Å². The fourth-order valence-electron chi connectivity index (χ4n) is 2.23. The first-order valence-corrected chi connectivity index (χ1v) is 8.83. The first kappa shape index (κ1) is 19.9. The van der Waals surface area contributed by atoms with Gasteiger partial charge in [0.1, 0.15) is 10.4 Å². The number of esters is 2. The highest BCUT2D eigenvalue weighted by Crippen LogP contribution is 2.33. The zero-order chi connectivity index (χ0) is 19.1. The van der Waals surface area contributed by atoms with Crippen LogP contribution in [0.4, 0.5) is 0 Å². The average molecular weight is 391 g/mol. The van der Waals surface area contributed by atoms with E-state index in [1.807, 2.05) is 36.4 Å². The van der Waals surface area contributed by atoms with Gasteiger partial charge in [-0.1, -0.05) is 66.5 Å². The van der Waals surface area contributed by atoms with Crippen molar-refractivity contribution in [2.24, 2.45) is 0 Å². The largest absolute Gasteiger partial charge is 0.469 e. The number of hydrogen-bond donors (Lipinski definition) is 0. The monoisotopic (exact) mass is 391 g/mol. The van der Waals surface area contributed by atoms with Crippen molar-refractivity contribution >= 4 is 52.2 Å². The third kappa shape index (κ3) is 4.80. The zero-order valence-electron chi connectivity index (χ0n) is 14.2. The Morgan fingerprint density at radius 2 is 1.92 bits per heavy atom. The van der Waals surface area contributed by atoms with E-state index < -0.39 is 23.9 Å². The van der Waals surface area contributed by atoms with Crippen LogP contribution in [0.3, 0.4) is 0 Å². The van der Waals surface area contributed by atoms with Gasteiger partial charge in [0.25, 0.3) is 5.91 Å². The number of carbonyl (C=O) groups excluding carboxylic acids is 3. The summed E-state index contributed by atoms with van der Waals surface area (Å²) >= 11 is 6.28. The lowest BCUT2D eigenvalue weighted by Crippen LogP contribution is -2.45. The van der Waals surface area contributed by atoms with Gasteiger partial charge >= 0.3 is 11.9 Å². The Balaban J connectivity index is 2.20. The van der Waals surface area contributed by atoms with Gasteiger partial charge in [-0.2, -0.15) is 0 Å². The van der Waals surface area contributed by atoms with Gasteiger partial charge in [-0.3, -0.25) is 14.5 Å². The van der Waals surface area contributed by atoms with Crippen LogP contribution in [0.1, 0.15) is 12.0 Å². The number of benzene rings is 1. The molecule has 26 heavy (non-hydrogen) atoms. The molecule has 0 aliphatic carbocycles. The minimum atomic E-state index is -1.15.